The van der Waals surface area contributed by atoms with Gasteiger partial charge < -0.3 is 10.6 Å². The number of aryl methyl sites for hydroxylation is 1. The number of hydrogen-bond acceptors (Lipinski definition) is 2. The molecule has 0 unspecified atom stereocenters. The molecule has 0 fully saturated rings. The van der Waals surface area contributed by atoms with Crippen LogP contribution >= 0.6 is 24.0 Å². The highest BCUT2D eigenvalue weighted by atomic mass is 127. The Hall–Kier alpha value is -2.41. The standard InChI is InChI=1S/C24H28N4.HI/c1-19-13-14-20(17-27-19)15-16-26-24(25-2)28-18-23(21-9-5-3-6-10-21)22-11-7-4-8-12-22;/h3-14,17,23H,15-16,18H2,1-2H3,(H2,25,26,28);1H. The first kappa shape index (κ1) is 22.9. The maximum absolute atomic E-state index is 4.37. The van der Waals surface area contributed by atoms with Crippen molar-refractivity contribution in [3.63, 3.8) is 0 Å². The summed E-state index contributed by atoms with van der Waals surface area (Å²) in [5, 5.41) is 6.89. The molecule has 0 atom stereocenters. The highest BCUT2D eigenvalue weighted by Crippen LogP contribution is 2.23. The van der Waals surface area contributed by atoms with Crippen LogP contribution in [-0.2, 0) is 6.42 Å². The molecule has 0 aliphatic heterocycles. The van der Waals surface area contributed by atoms with E-state index in [4.69, 9.17) is 0 Å². The van der Waals surface area contributed by atoms with Gasteiger partial charge in [-0.2, -0.15) is 0 Å². The van der Waals surface area contributed by atoms with Crippen LogP contribution < -0.4 is 10.6 Å². The fraction of sp³-hybridized carbons (Fsp3) is 0.250. The Kier molecular flexibility index (Phi) is 9.64. The summed E-state index contributed by atoms with van der Waals surface area (Å²) in [6, 6.07) is 25.4. The smallest absolute Gasteiger partial charge is 0.191 e. The third-order valence-corrected chi connectivity index (χ3v) is 4.78. The second-order valence-electron chi connectivity index (χ2n) is 6.81. The number of guanidine groups is 1. The monoisotopic (exact) mass is 500 g/mol. The summed E-state index contributed by atoms with van der Waals surface area (Å²) in [7, 11) is 1.81. The molecule has 0 amide bonds. The number of aromatic nitrogens is 1. The van der Waals surface area contributed by atoms with E-state index in [2.05, 4.69) is 87.3 Å². The molecule has 2 N–H and O–H groups in total. The molecule has 2 aromatic carbocycles. The minimum absolute atomic E-state index is 0. The first-order valence-corrected chi connectivity index (χ1v) is 9.72. The van der Waals surface area contributed by atoms with Gasteiger partial charge in [0.25, 0.3) is 0 Å². The Morgan fingerprint density at radius 1 is 0.897 bits per heavy atom. The predicted octanol–water partition coefficient (Wildman–Crippen LogP) is 4.55. The molecular formula is C24H29IN4. The fourth-order valence-electron chi connectivity index (χ4n) is 3.19. The zero-order valence-electron chi connectivity index (χ0n) is 17.0. The Bertz CT molecular complexity index is 825. The molecule has 0 saturated heterocycles. The van der Waals surface area contributed by atoms with Crippen molar-refractivity contribution in [2.75, 3.05) is 20.1 Å². The average molecular weight is 500 g/mol. The highest BCUT2D eigenvalue weighted by molar-refractivity contribution is 14.0. The minimum atomic E-state index is 0. The van der Waals surface area contributed by atoms with E-state index in [0.29, 0.717) is 0 Å². The minimum Gasteiger partial charge on any atom is -0.356 e. The van der Waals surface area contributed by atoms with Crippen LogP contribution in [-0.4, -0.2) is 31.1 Å². The maximum atomic E-state index is 4.37. The Morgan fingerprint density at radius 2 is 1.52 bits per heavy atom. The second-order valence-corrected chi connectivity index (χ2v) is 6.81. The van der Waals surface area contributed by atoms with E-state index in [1.165, 1.54) is 16.7 Å². The molecule has 152 valence electrons. The van der Waals surface area contributed by atoms with Crippen LogP contribution in [0.15, 0.2) is 84.0 Å². The van der Waals surface area contributed by atoms with E-state index < -0.39 is 0 Å². The van der Waals surface area contributed by atoms with Gasteiger partial charge in [0.1, 0.15) is 0 Å². The summed E-state index contributed by atoms with van der Waals surface area (Å²) >= 11 is 0. The van der Waals surface area contributed by atoms with Gasteiger partial charge in [0.15, 0.2) is 5.96 Å². The van der Waals surface area contributed by atoms with Crippen molar-refractivity contribution < 1.29 is 0 Å². The van der Waals surface area contributed by atoms with Crippen molar-refractivity contribution in [1.82, 2.24) is 15.6 Å². The number of benzene rings is 2. The van der Waals surface area contributed by atoms with Crippen LogP contribution in [0.5, 0.6) is 0 Å². The lowest BCUT2D eigenvalue weighted by molar-refractivity contribution is 0.725. The van der Waals surface area contributed by atoms with Crippen LogP contribution in [0.3, 0.4) is 0 Å². The lowest BCUT2D eigenvalue weighted by Gasteiger charge is -2.20. The first-order valence-electron chi connectivity index (χ1n) is 9.72. The number of nitrogens with zero attached hydrogens (tertiary/aromatic N) is 2. The van der Waals surface area contributed by atoms with Gasteiger partial charge in [-0.1, -0.05) is 66.7 Å². The molecule has 3 rings (SSSR count). The third kappa shape index (κ3) is 7.16. The van der Waals surface area contributed by atoms with Crippen molar-refractivity contribution in [2.24, 2.45) is 4.99 Å². The lowest BCUT2D eigenvalue weighted by atomic mass is 9.91. The quantitative estimate of drug-likeness (QED) is 0.285. The third-order valence-electron chi connectivity index (χ3n) is 4.78. The van der Waals surface area contributed by atoms with E-state index >= 15 is 0 Å². The number of halogens is 1. The van der Waals surface area contributed by atoms with Gasteiger partial charge in [-0.25, -0.2) is 0 Å². The van der Waals surface area contributed by atoms with E-state index in [1.807, 2.05) is 26.2 Å². The number of rotatable bonds is 7. The summed E-state index contributed by atoms with van der Waals surface area (Å²) in [6.07, 6.45) is 2.85. The molecule has 29 heavy (non-hydrogen) atoms. The van der Waals surface area contributed by atoms with Crippen LogP contribution in [0.4, 0.5) is 0 Å². The van der Waals surface area contributed by atoms with Crippen LogP contribution in [0.25, 0.3) is 0 Å². The Morgan fingerprint density at radius 3 is 2.03 bits per heavy atom. The molecule has 0 aliphatic carbocycles. The fourth-order valence-corrected chi connectivity index (χ4v) is 3.19. The molecule has 0 saturated carbocycles. The van der Waals surface area contributed by atoms with Gasteiger partial charge in [0.05, 0.1) is 0 Å². The van der Waals surface area contributed by atoms with Crippen LogP contribution in [0.2, 0.25) is 0 Å². The molecular weight excluding hydrogens is 471 g/mol. The van der Waals surface area contributed by atoms with Gasteiger partial charge in [-0.3, -0.25) is 9.98 Å². The van der Waals surface area contributed by atoms with Crippen LogP contribution in [0, 0.1) is 6.92 Å². The average Bonchev–Trinajstić information content (AvgIpc) is 2.75. The molecule has 5 heteroatoms. The SMILES string of the molecule is CN=C(NCCc1ccc(C)nc1)NCC(c1ccccc1)c1ccccc1.I. The number of aliphatic imine (C=N–C) groups is 1. The molecule has 1 aromatic heterocycles. The maximum Gasteiger partial charge on any atom is 0.191 e. The summed E-state index contributed by atoms with van der Waals surface area (Å²) in [5.41, 5.74) is 4.85. The lowest BCUT2D eigenvalue weighted by Crippen LogP contribution is -2.40. The summed E-state index contributed by atoms with van der Waals surface area (Å²) in [4.78, 5) is 8.72. The largest absolute Gasteiger partial charge is 0.356 e. The van der Waals surface area contributed by atoms with Crippen molar-refractivity contribution in [2.45, 2.75) is 19.3 Å². The van der Waals surface area contributed by atoms with E-state index in [-0.39, 0.29) is 29.9 Å². The number of pyridine rings is 1. The summed E-state index contributed by atoms with van der Waals surface area (Å²) in [6.45, 7) is 3.59. The Labute approximate surface area is 190 Å². The van der Waals surface area contributed by atoms with Crippen molar-refractivity contribution >= 4 is 29.9 Å². The van der Waals surface area contributed by atoms with Gasteiger partial charge in [0.2, 0.25) is 0 Å². The second kappa shape index (κ2) is 12.2. The zero-order valence-corrected chi connectivity index (χ0v) is 19.3. The van der Waals surface area contributed by atoms with E-state index in [9.17, 15) is 0 Å². The van der Waals surface area contributed by atoms with E-state index in [0.717, 1.165) is 31.2 Å². The summed E-state index contributed by atoms with van der Waals surface area (Å²) < 4.78 is 0. The predicted molar refractivity (Wildman–Crippen MR) is 132 cm³/mol. The molecule has 3 aromatic rings. The van der Waals surface area contributed by atoms with Crippen molar-refractivity contribution in [3.05, 3.63) is 101 Å². The zero-order chi connectivity index (χ0) is 19.6. The van der Waals surface area contributed by atoms with Gasteiger partial charge in [0, 0.05) is 37.9 Å². The molecule has 0 radical (unpaired) electrons. The van der Waals surface area contributed by atoms with Crippen LogP contribution in [0.1, 0.15) is 28.3 Å². The number of hydrogen-bond donors (Lipinski definition) is 2. The van der Waals surface area contributed by atoms with Gasteiger partial charge in [-0.15, -0.1) is 24.0 Å². The highest BCUT2D eigenvalue weighted by Gasteiger charge is 2.14. The topological polar surface area (TPSA) is 49.3 Å². The summed E-state index contributed by atoms with van der Waals surface area (Å²) in [5.74, 6) is 1.08. The van der Waals surface area contributed by atoms with Gasteiger partial charge >= 0.3 is 0 Å². The molecule has 0 aliphatic rings. The molecule has 1 heterocycles. The normalized spacial score (nSPS) is 11.1. The first-order chi connectivity index (χ1) is 13.8. The van der Waals surface area contributed by atoms with Crippen molar-refractivity contribution in [1.29, 1.82) is 0 Å². The van der Waals surface area contributed by atoms with Gasteiger partial charge in [-0.05, 0) is 36.1 Å². The molecule has 0 bridgehead atoms. The Balaban J connectivity index is 0.00000300. The number of nitrogens with one attached hydrogen (secondary N) is 2. The van der Waals surface area contributed by atoms with E-state index in [1.54, 1.807) is 0 Å². The molecule has 4 nitrogen and oxygen atoms in total. The van der Waals surface area contributed by atoms with Crippen molar-refractivity contribution in [3.8, 4) is 0 Å². The molecule has 0 spiro atoms.